The highest BCUT2D eigenvalue weighted by atomic mass is 19.1. The number of benzene rings is 3. The monoisotopic (exact) mass is 519 g/mol. The zero-order valence-corrected chi connectivity index (χ0v) is 22.1. The van der Waals surface area contributed by atoms with E-state index in [1.54, 1.807) is 26.4 Å². The van der Waals surface area contributed by atoms with Crippen LogP contribution in [0.2, 0.25) is 0 Å². The van der Waals surface area contributed by atoms with Crippen LogP contribution in [-0.2, 0) is 17.6 Å². The molecule has 0 radical (unpaired) electrons. The molecule has 1 unspecified atom stereocenters. The van der Waals surface area contributed by atoms with Crippen LogP contribution in [0.4, 0.5) is 14.9 Å². The first-order valence-corrected chi connectivity index (χ1v) is 13.3. The van der Waals surface area contributed by atoms with E-state index in [4.69, 9.17) is 14.2 Å². The van der Waals surface area contributed by atoms with E-state index in [2.05, 4.69) is 17.4 Å². The van der Waals surface area contributed by atoms with Gasteiger partial charge in [0, 0.05) is 30.9 Å². The standard InChI is InChI=1S/C31H35FN2O4/c1-36-28-12-9-23(20-29(28)37-2)13-16-34-17-14-24(15-18-34)30(21-34)38-31(35)33-27-6-4-3-5-25(27)19-22-7-10-26(32)11-8-22/h3-12,20,24,30H,13-19,21H2,1-2H3/p+1. The van der Waals surface area contributed by atoms with Gasteiger partial charge in [-0.15, -0.1) is 0 Å². The molecule has 2 bridgehead atoms. The lowest BCUT2D eigenvalue weighted by atomic mass is 9.83. The Kier molecular flexibility index (Phi) is 7.84. The fourth-order valence-electron chi connectivity index (χ4n) is 5.97. The van der Waals surface area contributed by atoms with Crippen molar-refractivity contribution in [1.82, 2.24) is 0 Å². The molecule has 3 aliphatic rings. The minimum absolute atomic E-state index is 0.0906. The number of nitrogens with one attached hydrogen (secondary N) is 1. The van der Waals surface area contributed by atoms with E-state index in [1.165, 1.54) is 17.7 Å². The van der Waals surface area contributed by atoms with Gasteiger partial charge in [0.2, 0.25) is 0 Å². The van der Waals surface area contributed by atoms with Gasteiger partial charge in [-0.3, -0.25) is 5.32 Å². The van der Waals surface area contributed by atoms with Crippen LogP contribution >= 0.6 is 0 Å². The summed E-state index contributed by atoms with van der Waals surface area (Å²) in [5.41, 5.74) is 3.88. The summed E-state index contributed by atoms with van der Waals surface area (Å²) in [6.45, 7) is 4.10. The second kappa shape index (κ2) is 11.4. The normalized spacial score (nSPS) is 22.1. The van der Waals surface area contributed by atoms with E-state index in [0.717, 1.165) is 78.2 Å². The van der Waals surface area contributed by atoms with Crippen molar-refractivity contribution in [3.63, 3.8) is 0 Å². The largest absolute Gasteiger partial charge is 0.493 e. The molecule has 6 nitrogen and oxygen atoms in total. The van der Waals surface area contributed by atoms with Crippen LogP contribution in [-0.4, -0.2) is 57.1 Å². The molecule has 3 aromatic carbocycles. The number of ether oxygens (including phenoxy) is 3. The van der Waals surface area contributed by atoms with Gasteiger partial charge in [0.05, 0.1) is 33.9 Å². The summed E-state index contributed by atoms with van der Waals surface area (Å²) in [5, 5.41) is 2.97. The third kappa shape index (κ3) is 5.94. The van der Waals surface area contributed by atoms with E-state index >= 15 is 0 Å². The van der Waals surface area contributed by atoms with Gasteiger partial charge in [0.15, 0.2) is 17.6 Å². The number of nitrogens with zero attached hydrogens (tertiary/aromatic N) is 1. The predicted octanol–water partition coefficient (Wildman–Crippen LogP) is 5.83. The van der Waals surface area contributed by atoms with Gasteiger partial charge in [-0.1, -0.05) is 36.4 Å². The van der Waals surface area contributed by atoms with Crippen molar-refractivity contribution in [1.29, 1.82) is 0 Å². The third-order valence-corrected chi connectivity index (χ3v) is 8.18. The van der Waals surface area contributed by atoms with Crippen LogP contribution in [0.15, 0.2) is 66.7 Å². The number of quaternary nitrogens is 1. The summed E-state index contributed by atoms with van der Waals surface area (Å²) in [5.74, 6) is 1.64. The number of carbonyl (C=O) groups excluding carboxylic acids is 1. The van der Waals surface area contributed by atoms with E-state index < -0.39 is 6.09 Å². The average Bonchev–Trinajstić information content (AvgIpc) is 2.94. The van der Waals surface area contributed by atoms with Gasteiger partial charge < -0.3 is 18.7 Å². The molecule has 6 rings (SSSR count). The minimum atomic E-state index is -0.409. The quantitative estimate of drug-likeness (QED) is 0.361. The lowest BCUT2D eigenvalue weighted by molar-refractivity contribution is -0.945. The molecule has 3 saturated heterocycles. The van der Waals surface area contributed by atoms with Crippen molar-refractivity contribution in [2.24, 2.45) is 5.92 Å². The molecule has 0 spiro atoms. The molecule has 3 aliphatic heterocycles. The first-order chi connectivity index (χ1) is 18.5. The second-order valence-electron chi connectivity index (χ2n) is 10.5. The number of anilines is 1. The lowest BCUT2D eigenvalue weighted by Crippen LogP contribution is -2.65. The van der Waals surface area contributed by atoms with E-state index in [0.29, 0.717) is 12.3 Å². The van der Waals surface area contributed by atoms with E-state index in [1.807, 2.05) is 30.3 Å². The molecular weight excluding hydrogens is 483 g/mol. The van der Waals surface area contributed by atoms with Crippen LogP contribution in [0.25, 0.3) is 0 Å². The van der Waals surface area contributed by atoms with Gasteiger partial charge in [-0.2, -0.15) is 0 Å². The maximum Gasteiger partial charge on any atom is 0.412 e. The lowest BCUT2D eigenvalue weighted by Gasteiger charge is -2.52. The number of para-hydroxylation sites is 1. The van der Waals surface area contributed by atoms with Crippen LogP contribution in [0.1, 0.15) is 29.5 Å². The number of piperidine rings is 3. The Labute approximate surface area is 223 Å². The first kappa shape index (κ1) is 26.0. The Morgan fingerprint density at radius 3 is 2.39 bits per heavy atom. The number of fused-ring (bicyclic) bond motifs is 3. The molecule has 200 valence electrons. The molecule has 1 amide bonds. The molecule has 1 atom stereocenters. The predicted molar refractivity (Wildman–Crippen MR) is 145 cm³/mol. The molecule has 3 heterocycles. The molecule has 3 aromatic rings. The molecular formula is C31H36FN2O4+. The summed E-state index contributed by atoms with van der Waals surface area (Å²) < 4.78 is 31.2. The molecule has 3 fully saturated rings. The summed E-state index contributed by atoms with van der Waals surface area (Å²) in [4.78, 5) is 13.0. The Hall–Kier alpha value is -3.58. The molecule has 7 heteroatoms. The van der Waals surface area contributed by atoms with Gasteiger partial charge in [-0.25, -0.2) is 9.18 Å². The Morgan fingerprint density at radius 2 is 1.66 bits per heavy atom. The smallest absolute Gasteiger partial charge is 0.412 e. The highest BCUT2D eigenvalue weighted by Gasteiger charge is 2.47. The van der Waals surface area contributed by atoms with Crippen LogP contribution in [0, 0.1) is 11.7 Å². The van der Waals surface area contributed by atoms with Gasteiger partial charge in [-0.05, 0) is 53.4 Å². The number of rotatable bonds is 9. The van der Waals surface area contributed by atoms with Gasteiger partial charge in [0.25, 0.3) is 0 Å². The zero-order chi connectivity index (χ0) is 26.5. The number of hydrogen-bond acceptors (Lipinski definition) is 4. The second-order valence-corrected chi connectivity index (χ2v) is 10.5. The summed E-state index contributed by atoms with van der Waals surface area (Å²) >= 11 is 0. The van der Waals surface area contributed by atoms with Crippen molar-refractivity contribution >= 4 is 11.8 Å². The van der Waals surface area contributed by atoms with E-state index in [9.17, 15) is 9.18 Å². The topological polar surface area (TPSA) is 56.8 Å². The third-order valence-electron chi connectivity index (χ3n) is 8.18. The van der Waals surface area contributed by atoms with Crippen LogP contribution in [0.3, 0.4) is 0 Å². The molecule has 1 N–H and O–H groups in total. The molecule has 38 heavy (non-hydrogen) atoms. The van der Waals surface area contributed by atoms with Crippen molar-refractivity contribution < 1.29 is 27.9 Å². The van der Waals surface area contributed by atoms with Gasteiger partial charge in [0.1, 0.15) is 12.4 Å². The molecule has 0 aromatic heterocycles. The molecule has 0 aliphatic carbocycles. The minimum Gasteiger partial charge on any atom is -0.493 e. The van der Waals surface area contributed by atoms with Crippen LogP contribution < -0.4 is 14.8 Å². The Balaban J connectivity index is 1.20. The number of amides is 1. The maximum absolute atomic E-state index is 13.3. The Bertz CT molecular complexity index is 1250. The van der Waals surface area contributed by atoms with Crippen molar-refractivity contribution in [2.45, 2.75) is 31.8 Å². The highest BCUT2D eigenvalue weighted by Crippen LogP contribution is 2.36. The number of methoxy groups -OCH3 is 2. The first-order valence-electron chi connectivity index (χ1n) is 13.3. The van der Waals surface area contributed by atoms with Crippen LogP contribution in [0.5, 0.6) is 11.5 Å². The fraction of sp³-hybridized carbons (Fsp3) is 0.387. The van der Waals surface area contributed by atoms with Crippen molar-refractivity contribution in [2.75, 3.05) is 45.7 Å². The zero-order valence-electron chi connectivity index (χ0n) is 22.1. The Morgan fingerprint density at radius 1 is 0.947 bits per heavy atom. The summed E-state index contributed by atoms with van der Waals surface area (Å²) in [7, 11) is 3.31. The maximum atomic E-state index is 13.3. The SMILES string of the molecule is COc1ccc(CC[N+]23CCC(CC2)C(OC(=O)Nc2ccccc2Cc2ccc(F)cc2)C3)cc1OC. The molecule has 0 saturated carbocycles. The average molecular weight is 520 g/mol. The van der Waals surface area contributed by atoms with E-state index in [-0.39, 0.29) is 11.9 Å². The number of carbonyl (C=O) groups is 1. The number of halogens is 1. The van der Waals surface area contributed by atoms with Crippen molar-refractivity contribution in [3.8, 4) is 11.5 Å². The number of hydrogen-bond donors (Lipinski definition) is 1. The van der Waals surface area contributed by atoms with Crippen molar-refractivity contribution in [3.05, 3.63) is 89.2 Å². The van der Waals surface area contributed by atoms with Gasteiger partial charge >= 0.3 is 6.09 Å². The highest BCUT2D eigenvalue weighted by molar-refractivity contribution is 5.86. The summed E-state index contributed by atoms with van der Waals surface area (Å²) in [6, 6.07) is 20.2. The summed E-state index contributed by atoms with van der Waals surface area (Å²) in [6.07, 6.45) is 3.18. The fourth-order valence-corrected chi connectivity index (χ4v) is 5.97.